The first kappa shape index (κ1) is 13.6. The molecule has 19 heavy (non-hydrogen) atoms. The maximum absolute atomic E-state index is 5.88. The van der Waals surface area contributed by atoms with Crippen LogP contribution in [-0.2, 0) is 6.61 Å². The molecular weight excluding hydrogens is 234 g/mol. The van der Waals surface area contributed by atoms with Gasteiger partial charge in [0.2, 0.25) is 0 Å². The van der Waals surface area contributed by atoms with Crippen LogP contribution in [0.15, 0.2) is 42.5 Å². The van der Waals surface area contributed by atoms with Crippen LogP contribution in [-0.4, -0.2) is 0 Å². The summed E-state index contributed by atoms with van der Waals surface area (Å²) in [6.45, 7) is 6.78. The Kier molecular flexibility index (Phi) is 4.23. The van der Waals surface area contributed by atoms with Crippen molar-refractivity contribution in [1.82, 2.24) is 0 Å². The van der Waals surface area contributed by atoms with Crippen molar-refractivity contribution in [3.8, 4) is 5.75 Å². The van der Waals surface area contributed by atoms with Gasteiger partial charge in [-0.05, 0) is 49.6 Å². The Bertz CT molecular complexity index is 561. The summed E-state index contributed by atoms with van der Waals surface area (Å²) in [5.41, 5.74) is 10.7. The van der Waals surface area contributed by atoms with E-state index in [1.165, 1.54) is 16.7 Å². The van der Waals surface area contributed by atoms with Crippen LogP contribution < -0.4 is 10.5 Å². The zero-order valence-electron chi connectivity index (χ0n) is 11.8. The second-order valence-corrected chi connectivity index (χ2v) is 5.08. The quantitative estimate of drug-likeness (QED) is 0.899. The lowest BCUT2D eigenvalue weighted by atomic mass is 10.1. The van der Waals surface area contributed by atoms with Crippen LogP contribution in [0, 0.1) is 13.8 Å². The SMILES string of the molecule is Cc1ccc(COc2cccc(C(C)N)c2)c(C)c1. The van der Waals surface area contributed by atoms with Crippen LogP contribution >= 0.6 is 0 Å². The molecule has 100 valence electrons. The molecule has 0 aliphatic heterocycles. The van der Waals surface area contributed by atoms with Crippen molar-refractivity contribution in [2.45, 2.75) is 33.4 Å². The summed E-state index contributed by atoms with van der Waals surface area (Å²) < 4.78 is 5.85. The van der Waals surface area contributed by atoms with Gasteiger partial charge >= 0.3 is 0 Å². The summed E-state index contributed by atoms with van der Waals surface area (Å²) in [6, 6.07) is 14.4. The number of ether oxygens (including phenoxy) is 1. The molecule has 0 aromatic heterocycles. The molecule has 1 unspecified atom stereocenters. The van der Waals surface area contributed by atoms with Crippen LogP contribution in [0.3, 0.4) is 0 Å². The van der Waals surface area contributed by atoms with Crippen LogP contribution in [0.25, 0.3) is 0 Å². The normalized spacial score (nSPS) is 12.2. The number of hydrogen-bond donors (Lipinski definition) is 1. The standard InChI is InChI=1S/C17H21NO/c1-12-7-8-16(13(2)9-12)11-19-17-6-4-5-15(10-17)14(3)18/h4-10,14H,11,18H2,1-3H3. The summed E-state index contributed by atoms with van der Waals surface area (Å²) in [4.78, 5) is 0. The van der Waals surface area contributed by atoms with Gasteiger partial charge in [-0.2, -0.15) is 0 Å². The highest BCUT2D eigenvalue weighted by Crippen LogP contribution is 2.19. The lowest BCUT2D eigenvalue weighted by molar-refractivity contribution is 0.305. The van der Waals surface area contributed by atoms with Crippen molar-refractivity contribution in [2.24, 2.45) is 5.73 Å². The molecule has 2 aromatic rings. The van der Waals surface area contributed by atoms with Gasteiger partial charge in [-0.25, -0.2) is 0 Å². The predicted octanol–water partition coefficient (Wildman–Crippen LogP) is 3.90. The highest BCUT2D eigenvalue weighted by Gasteiger charge is 2.03. The van der Waals surface area contributed by atoms with E-state index in [9.17, 15) is 0 Å². The van der Waals surface area contributed by atoms with E-state index in [0.29, 0.717) is 6.61 Å². The van der Waals surface area contributed by atoms with Crippen molar-refractivity contribution in [2.75, 3.05) is 0 Å². The minimum Gasteiger partial charge on any atom is -0.489 e. The van der Waals surface area contributed by atoms with Gasteiger partial charge in [-0.1, -0.05) is 35.9 Å². The van der Waals surface area contributed by atoms with Crippen molar-refractivity contribution >= 4 is 0 Å². The third-order valence-corrected chi connectivity index (χ3v) is 3.28. The zero-order valence-corrected chi connectivity index (χ0v) is 11.8. The lowest BCUT2D eigenvalue weighted by Crippen LogP contribution is -2.05. The molecule has 0 bridgehead atoms. The highest BCUT2D eigenvalue weighted by atomic mass is 16.5. The largest absolute Gasteiger partial charge is 0.489 e. The molecule has 0 fully saturated rings. The Morgan fingerprint density at radius 2 is 1.89 bits per heavy atom. The average Bonchev–Trinajstić information content (AvgIpc) is 2.38. The van der Waals surface area contributed by atoms with E-state index in [0.717, 1.165) is 11.3 Å². The predicted molar refractivity (Wildman–Crippen MR) is 79.3 cm³/mol. The van der Waals surface area contributed by atoms with E-state index < -0.39 is 0 Å². The Morgan fingerprint density at radius 3 is 2.58 bits per heavy atom. The molecule has 2 heteroatoms. The molecule has 0 radical (unpaired) electrons. The molecule has 0 spiro atoms. The van der Waals surface area contributed by atoms with E-state index in [1.54, 1.807) is 0 Å². The topological polar surface area (TPSA) is 35.2 Å². The summed E-state index contributed by atoms with van der Waals surface area (Å²) in [5.74, 6) is 0.870. The summed E-state index contributed by atoms with van der Waals surface area (Å²) in [7, 11) is 0. The molecule has 0 amide bonds. The van der Waals surface area contributed by atoms with Crippen LogP contribution in [0.2, 0.25) is 0 Å². The number of aryl methyl sites for hydroxylation is 2. The first-order chi connectivity index (χ1) is 9.06. The Balaban J connectivity index is 2.08. The van der Waals surface area contributed by atoms with Crippen LogP contribution in [0.4, 0.5) is 0 Å². The fourth-order valence-electron chi connectivity index (χ4n) is 2.06. The Hall–Kier alpha value is -1.80. The van der Waals surface area contributed by atoms with Crippen molar-refractivity contribution < 1.29 is 4.74 Å². The van der Waals surface area contributed by atoms with Gasteiger partial charge in [0.1, 0.15) is 12.4 Å². The number of nitrogens with two attached hydrogens (primary N) is 1. The Morgan fingerprint density at radius 1 is 1.11 bits per heavy atom. The molecule has 2 aromatic carbocycles. The smallest absolute Gasteiger partial charge is 0.120 e. The fraction of sp³-hybridized carbons (Fsp3) is 0.294. The van der Waals surface area contributed by atoms with E-state index in [2.05, 4.69) is 32.0 Å². The van der Waals surface area contributed by atoms with Crippen molar-refractivity contribution in [3.63, 3.8) is 0 Å². The second-order valence-electron chi connectivity index (χ2n) is 5.08. The first-order valence-electron chi connectivity index (χ1n) is 6.61. The molecule has 0 saturated carbocycles. The lowest BCUT2D eigenvalue weighted by Gasteiger charge is -2.11. The van der Waals surface area contributed by atoms with Crippen LogP contribution in [0.1, 0.15) is 35.2 Å². The third kappa shape index (κ3) is 3.58. The summed E-state index contributed by atoms with van der Waals surface area (Å²) >= 11 is 0. The van der Waals surface area contributed by atoms with Gasteiger partial charge in [0.25, 0.3) is 0 Å². The van der Waals surface area contributed by atoms with Crippen molar-refractivity contribution in [1.29, 1.82) is 0 Å². The second kappa shape index (κ2) is 5.89. The molecule has 0 aliphatic carbocycles. The van der Waals surface area contributed by atoms with Gasteiger partial charge in [-0.3, -0.25) is 0 Å². The van der Waals surface area contributed by atoms with E-state index in [-0.39, 0.29) is 6.04 Å². The van der Waals surface area contributed by atoms with Crippen LogP contribution in [0.5, 0.6) is 5.75 Å². The highest BCUT2D eigenvalue weighted by molar-refractivity contribution is 5.32. The van der Waals surface area contributed by atoms with E-state index in [1.807, 2.05) is 31.2 Å². The molecule has 2 N–H and O–H groups in total. The minimum absolute atomic E-state index is 0.0321. The molecule has 0 heterocycles. The van der Waals surface area contributed by atoms with Gasteiger partial charge in [-0.15, -0.1) is 0 Å². The van der Waals surface area contributed by atoms with E-state index >= 15 is 0 Å². The maximum Gasteiger partial charge on any atom is 0.120 e. The van der Waals surface area contributed by atoms with E-state index in [4.69, 9.17) is 10.5 Å². The zero-order chi connectivity index (χ0) is 13.8. The number of benzene rings is 2. The monoisotopic (exact) mass is 255 g/mol. The number of hydrogen-bond acceptors (Lipinski definition) is 2. The molecule has 0 aliphatic rings. The molecule has 1 atom stereocenters. The molecule has 2 nitrogen and oxygen atoms in total. The maximum atomic E-state index is 5.88. The third-order valence-electron chi connectivity index (χ3n) is 3.28. The van der Waals surface area contributed by atoms with Gasteiger partial charge in [0, 0.05) is 6.04 Å². The first-order valence-corrected chi connectivity index (χ1v) is 6.61. The molecule has 0 saturated heterocycles. The average molecular weight is 255 g/mol. The Labute approximate surface area is 115 Å². The van der Waals surface area contributed by atoms with Gasteiger partial charge in [0.15, 0.2) is 0 Å². The van der Waals surface area contributed by atoms with Gasteiger partial charge in [0.05, 0.1) is 0 Å². The fourth-order valence-corrected chi connectivity index (χ4v) is 2.06. The number of rotatable bonds is 4. The summed E-state index contributed by atoms with van der Waals surface area (Å²) in [6.07, 6.45) is 0. The minimum atomic E-state index is 0.0321. The molecule has 2 rings (SSSR count). The van der Waals surface area contributed by atoms with Crippen molar-refractivity contribution in [3.05, 3.63) is 64.7 Å². The van der Waals surface area contributed by atoms with Gasteiger partial charge < -0.3 is 10.5 Å². The summed E-state index contributed by atoms with van der Waals surface area (Å²) in [5, 5.41) is 0. The molecular formula is C17H21NO.